The van der Waals surface area contributed by atoms with Gasteiger partial charge >= 0.3 is 0 Å². The van der Waals surface area contributed by atoms with Crippen molar-refractivity contribution in [1.82, 2.24) is 19.8 Å². The number of hydrogen-bond acceptors (Lipinski definition) is 7. The van der Waals surface area contributed by atoms with Gasteiger partial charge < -0.3 is 5.32 Å². The monoisotopic (exact) mass is 442 g/mol. The lowest BCUT2D eigenvalue weighted by Crippen LogP contribution is -2.12. The van der Waals surface area contributed by atoms with Crippen LogP contribution in [0.2, 0.25) is 0 Å². The first-order valence-electron chi connectivity index (χ1n) is 9.51. The second-order valence-corrected chi connectivity index (χ2v) is 7.78. The van der Waals surface area contributed by atoms with E-state index in [0.717, 1.165) is 16.1 Å². The van der Waals surface area contributed by atoms with E-state index in [1.165, 1.54) is 24.3 Å². The van der Waals surface area contributed by atoms with E-state index in [0.29, 0.717) is 17.2 Å². The standard InChI is InChI=1S/C22H14N6O3S/c29-22(15-3-1-4-17(13-15)28(30)31)23-16-8-6-14(7-9-16)18-10-11-20-24-25-21(27(20)26-18)19-5-2-12-32-19/h1-13H,(H,23,29). The van der Waals surface area contributed by atoms with Gasteiger partial charge in [0.25, 0.3) is 11.6 Å². The Hall–Kier alpha value is -4.44. The maximum atomic E-state index is 12.4. The highest BCUT2D eigenvalue weighted by Crippen LogP contribution is 2.25. The van der Waals surface area contributed by atoms with Crippen LogP contribution in [0.15, 0.2) is 78.2 Å². The Morgan fingerprint density at radius 3 is 2.59 bits per heavy atom. The van der Waals surface area contributed by atoms with Crippen molar-refractivity contribution in [2.75, 3.05) is 5.32 Å². The third-order valence-corrected chi connectivity index (χ3v) is 5.63. The van der Waals surface area contributed by atoms with Crippen LogP contribution in [0.25, 0.3) is 27.6 Å². The van der Waals surface area contributed by atoms with E-state index < -0.39 is 10.8 Å². The Morgan fingerprint density at radius 1 is 1.00 bits per heavy atom. The van der Waals surface area contributed by atoms with Crippen molar-refractivity contribution in [2.45, 2.75) is 0 Å². The zero-order valence-electron chi connectivity index (χ0n) is 16.4. The molecule has 10 heteroatoms. The third kappa shape index (κ3) is 3.70. The van der Waals surface area contributed by atoms with Crippen LogP contribution < -0.4 is 5.32 Å². The molecule has 0 atom stereocenters. The molecule has 156 valence electrons. The van der Waals surface area contributed by atoms with Gasteiger partial charge in [0.15, 0.2) is 11.5 Å². The molecule has 0 unspecified atom stereocenters. The Kier molecular flexibility index (Phi) is 4.88. The minimum Gasteiger partial charge on any atom is -0.322 e. The zero-order chi connectivity index (χ0) is 22.1. The summed E-state index contributed by atoms with van der Waals surface area (Å²) in [6, 6.07) is 20.4. The average Bonchev–Trinajstić information content (AvgIpc) is 3.49. The van der Waals surface area contributed by atoms with Gasteiger partial charge in [-0.05, 0) is 41.8 Å². The van der Waals surface area contributed by atoms with Gasteiger partial charge in [0.05, 0.1) is 15.5 Å². The zero-order valence-corrected chi connectivity index (χ0v) is 17.2. The van der Waals surface area contributed by atoms with Crippen LogP contribution in [0.4, 0.5) is 11.4 Å². The number of carbonyl (C=O) groups is 1. The van der Waals surface area contributed by atoms with Crippen molar-refractivity contribution in [3.63, 3.8) is 0 Å². The molecule has 5 aromatic rings. The van der Waals surface area contributed by atoms with Crippen molar-refractivity contribution < 1.29 is 9.72 Å². The minimum absolute atomic E-state index is 0.134. The van der Waals surface area contributed by atoms with Gasteiger partial charge in [-0.3, -0.25) is 14.9 Å². The number of thiophene rings is 1. The molecule has 1 N–H and O–H groups in total. The summed E-state index contributed by atoms with van der Waals surface area (Å²) in [6.07, 6.45) is 0. The number of nitrogens with zero attached hydrogens (tertiary/aromatic N) is 5. The number of amides is 1. The molecular formula is C22H14N6O3S. The molecule has 5 rings (SSSR count). The number of non-ortho nitro benzene ring substituents is 1. The van der Waals surface area contributed by atoms with E-state index >= 15 is 0 Å². The van der Waals surface area contributed by atoms with Crippen molar-refractivity contribution in [1.29, 1.82) is 0 Å². The second kappa shape index (κ2) is 8.00. The predicted molar refractivity (Wildman–Crippen MR) is 121 cm³/mol. The van der Waals surface area contributed by atoms with Crippen molar-refractivity contribution >= 4 is 34.3 Å². The molecule has 0 spiro atoms. The average molecular weight is 442 g/mol. The summed E-state index contributed by atoms with van der Waals surface area (Å²) in [5.41, 5.74) is 2.88. The molecule has 0 fully saturated rings. The first-order chi connectivity index (χ1) is 15.6. The largest absolute Gasteiger partial charge is 0.322 e. The fourth-order valence-corrected chi connectivity index (χ4v) is 3.88. The summed E-state index contributed by atoms with van der Waals surface area (Å²) in [5, 5.41) is 28.7. The van der Waals surface area contributed by atoms with Gasteiger partial charge in [0.1, 0.15) is 0 Å². The Balaban J connectivity index is 1.38. The number of aromatic nitrogens is 4. The van der Waals surface area contributed by atoms with Gasteiger partial charge in [-0.25, -0.2) is 0 Å². The lowest BCUT2D eigenvalue weighted by molar-refractivity contribution is -0.384. The molecule has 0 aliphatic heterocycles. The summed E-state index contributed by atoms with van der Waals surface area (Å²) in [6.45, 7) is 0. The SMILES string of the molecule is O=C(Nc1ccc(-c2ccc3nnc(-c4cccs4)n3n2)cc1)c1cccc([N+](=O)[O-])c1. The topological polar surface area (TPSA) is 115 Å². The predicted octanol–water partition coefficient (Wildman–Crippen LogP) is 4.68. The smallest absolute Gasteiger partial charge is 0.270 e. The van der Waals surface area contributed by atoms with E-state index in [2.05, 4.69) is 20.6 Å². The molecule has 0 radical (unpaired) electrons. The van der Waals surface area contributed by atoms with E-state index in [1.54, 1.807) is 28.0 Å². The Labute approximate surface area is 185 Å². The quantitative estimate of drug-likeness (QED) is 0.312. The number of hydrogen-bond donors (Lipinski definition) is 1. The number of rotatable bonds is 5. The maximum absolute atomic E-state index is 12.4. The van der Waals surface area contributed by atoms with Gasteiger partial charge in [0, 0.05) is 28.9 Å². The van der Waals surface area contributed by atoms with E-state index in [9.17, 15) is 14.9 Å². The van der Waals surface area contributed by atoms with Crippen LogP contribution in [-0.4, -0.2) is 30.6 Å². The van der Waals surface area contributed by atoms with Crippen LogP contribution in [0, 0.1) is 10.1 Å². The molecule has 3 heterocycles. The number of nitro groups is 1. The van der Waals surface area contributed by atoms with Crippen molar-refractivity contribution in [2.24, 2.45) is 0 Å². The highest BCUT2D eigenvalue weighted by molar-refractivity contribution is 7.13. The number of fused-ring (bicyclic) bond motifs is 1. The molecule has 0 saturated heterocycles. The number of nitrogens with one attached hydrogen (secondary N) is 1. The molecule has 3 aromatic heterocycles. The molecular weight excluding hydrogens is 428 g/mol. The molecule has 1 amide bonds. The van der Waals surface area contributed by atoms with E-state index in [4.69, 9.17) is 0 Å². The molecule has 0 aliphatic carbocycles. The number of carbonyl (C=O) groups excluding carboxylic acids is 1. The minimum atomic E-state index is -0.533. The number of nitro benzene ring substituents is 1. The fourth-order valence-electron chi connectivity index (χ4n) is 3.19. The van der Waals surface area contributed by atoms with Crippen LogP contribution >= 0.6 is 11.3 Å². The summed E-state index contributed by atoms with van der Waals surface area (Å²) in [4.78, 5) is 23.8. The fraction of sp³-hybridized carbons (Fsp3) is 0. The molecule has 32 heavy (non-hydrogen) atoms. The van der Waals surface area contributed by atoms with Gasteiger partial charge in [-0.1, -0.05) is 24.3 Å². The first-order valence-corrected chi connectivity index (χ1v) is 10.4. The number of benzene rings is 2. The normalized spacial score (nSPS) is 10.9. The van der Waals surface area contributed by atoms with E-state index in [-0.39, 0.29) is 11.3 Å². The molecule has 2 aromatic carbocycles. The highest BCUT2D eigenvalue weighted by Gasteiger charge is 2.13. The summed E-state index contributed by atoms with van der Waals surface area (Å²) < 4.78 is 1.71. The van der Waals surface area contributed by atoms with Crippen LogP contribution in [0.1, 0.15) is 10.4 Å². The molecule has 9 nitrogen and oxygen atoms in total. The molecule has 0 bridgehead atoms. The van der Waals surface area contributed by atoms with Gasteiger partial charge in [-0.15, -0.1) is 21.5 Å². The molecule has 0 aliphatic rings. The number of anilines is 1. The highest BCUT2D eigenvalue weighted by atomic mass is 32.1. The lowest BCUT2D eigenvalue weighted by Gasteiger charge is -2.07. The van der Waals surface area contributed by atoms with E-state index in [1.807, 2.05) is 41.8 Å². The van der Waals surface area contributed by atoms with Crippen molar-refractivity contribution in [3.8, 4) is 22.0 Å². The van der Waals surface area contributed by atoms with Crippen LogP contribution in [0.3, 0.4) is 0 Å². The van der Waals surface area contributed by atoms with Gasteiger partial charge in [0.2, 0.25) is 0 Å². The Morgan fingerprint density at radius 2 is 1.84 bits per heavy atom. The van der Waals surface area contributed by atoms with Crippen LogP contribution in [0.5, 0.6) is 0 Å². The second-order valence-electron chi connectivity index (χ2n) is 6.83. The molecule has 0 saturated carbocycles. The Bertz CT molecular complexity index is 1440. The summed E-state index contributed by atoms with van der Waals surface area (Å²) in [5.74, 6) is 0.253. The van der Waals surface area contributed by atoms with Crippen LogP contribution in [-0.2, 0) is 0 Å². The lowest BCUT2D eigenvalue weighted by atomic mass is 10.1. The summed E-state index contributed by atoms with van der Waals surface area (Å²) >= 11 is 1.56. The third-order valence-electron chi connectivity index (χ3n) is 4.76. The van der Waals surface area contributed by atoms with Gasteiger partial charge in [-0.2, -0.15) is 9.61 Å². The summed E-state index contributed by atoms with van der Waals surface area (Å²) in [7, 11) is 0. The maximum Gasteiger partial charge on any atom is 0.270 e. The first kappa shape index (κ1) is 19.5. The van der Waals surface area contributed by atoms with Crippen molar-refractivity contribution in [3.05, 3.63) is 93.9 Å².